The molecule has 1 saturated carbocycles. The van der Waals surface area contributed by atoms with Crippen molar-refractivity contribution in [1.82, 2.24) is 0 Å². The van der Waals surface area contributed by atoms with E-state index >= 15 is 0 Å². The third kappa shape index (κ3) is 2.23. The summed E-state index contributed by atoms with van der Waals surface area (Å²) in [5.41, 5.74) is 0.227. The van der Waals surface area contributed by atoms with E-state index in [1.165, 1.54) is 12.8 Å². The minimum absolute atomic E-state index is 0.106. The zero-order chi connectivity index (χ0) is 12.8. The lowest BCUT2D eigenvalue weighted by atomic mass is 9.60. The molecule has 17 heavy (non-hydrogen) atoms. The van der Waals surface area contributed by atoms with Crippen LogP contribution in [0, 0.1) is 17.3 Å². The van der Waals surface area contributed by atoms with Gasteiger partial charge in [-0.2, -0.15) is 0 Å². The Morgan fingerprint density at radius 1 is 1.35 bits per heavy atom. The summed E-state index contributed by atoms with van der Waals surface area (Å²) in [4.78, 5) is 0.614. The molecule has 2 aliphatic rings. The minimum atomic E-state index is -0.106. The average molecular weight is 301 g/mol. The molecule has 2 heteroatoms. The van der Waals surface area contributed by atoms with E-state index in [9.17, 15) is 0 Å². The summed E-state index contributed by atoms with van der Waals surface area (Å²) in [6.07, 6.45) is 5.96. The minimum Gasteiger partial charge on any atom is -0.367 e. The van der Waals surface area contributed by atoms with Gasteiger partial charge >= 0.3 is 0 Å². The van der Waals surface area contributed by atoms with Crippen LogP contribution >= 0.6 is 15.9 Å². The first kappa shape index (κ1) is 13.6. The number of hydrogen-bond acceptors (Lipinski definition) is 1. The zero-order valence-corrected chi connectivity index (χ0v) is 13.1. The molecule has 1 saturated heterocycles. The molecule has 1 heterocycles. The average Bonchev–Trinajstić information content (AvgIpc) is 2.27. The van der Waals surface area contributed by atoms with Gasteiger partial charge < -0.3 is 4.74 Å². The van der Waals surface area contributed by atoms with Crippen molar-refractivity contribution in [3.63, 3.8) is 0 Å². The first-order chi connectivity index (χ1) is 7.80. The monoisotopic (exact) mass is 300 g/mol. The van der Waals surface area contributed by atoms with Crippen LogP contribution in [0.5, 0.6) is 0 Å². The quantitative estimate of drug-likeness (QED) is 0.510. The predicted octanol–water partition coefficient (Wildman–Crippen LogP) is 4.56. The highest BCUT2D eigenvalue weighted by Gasteiger charge is 2.51. The van der Waals surface area contributed by atoms with E-state index < -0.39 is 0 Å². The number of halogens is 1. The van der Waals surface area contributed by atoms with Crippen LogP contribution in [0.15, 0.2) is 12.7 Å². The van der Waals surface area contributed by atoms with Crippen LogP contribution in [0.2, 0.25) is 0 Å². The predicted molar refractivity (Wildman–Crippen MR) is 76.5 cm³/mol. The normalized spacial score (nSPS) is 49.5. The fraction of sp³-hybridized carbons (Fsp3) is 0.867. The Bertz CT molecular complexity index is 312. The molecule has 0 aromatic carbocycles. The van der Waals surface area contributed by atoms with Gasteiger partial charge in [-0.05, 0) is 43.4 Å². The molecular weight excluding hydrogens is 276 g/mol. The lowest BCUT2D eigenvalue weighted by Gasteiger charge is -2.55. The molecule has 5 atom stereocenters. The van der Waals surface area contributed by atoms with Crippen LogP contribution in [-0.2, 0) is 4.74 Å². The first-order valence-corrected chi connectivity index (χ1v) is 7.67. The van der Waals surface area contributed by atoms with Gasteiger partial charge in [0.2, 0.25) is 0 Å². The Balaban J connectivity index is 2.24. The van der Waals surface area contributed by atoms with Crippen molar-refractivity contribution in [2.24, 2.45) is 17.3 Å². The van der Waals surface area contributed by atoms with Gasteiger partial charge in [0.05, 0.1) is 11.7 Å². The summed E-state index contributed by atoms with van der Waals surface area (Å²) in [6.45, 7) is 13.2. The second kappa shape index (κ2) is 4.38. The Hall–Kier alpha value is 0.180. The fourth-order valence-corrected chi connectivity index (χ4v) is 4.44. The van der Waals surface area contributed by atoms with Crippen molar-refractivity contribution >= 4 is 15.9 Å². The highest BCUT2D eigenvalue weighted by atomic mass is 79.9. The van der Waals surface area contributed by atoms with Gasteiger partial charge in [0.25, 0.3) is 0 Å². The maximum atomic E-state index is 6.38. The number of hydrogen-bond donors (Lipinski definition) is 0. The summed E-state index contributed by atoms with van der Waals surface area (Å²) in [5, 5.41) is 0. The molecule has 0 bridgehead atoms. The second-order valence-corrected chi connectivity index (χ2v) is 7.85. The summed E-state index contributed by atoms with van der Waals surface area (Å²) in [5.74, 6) is 1.31. The van der Waals surface area contributed by atoms with Crippen molar-refractivity contribution in [1.29, 1.82) is 0 Å². The zero-order valence-electron chi connectivity index (χ0n) is 11.5. The molecule has 0 N–H and O–H groups in total. The van der Waals surface area contributed by atoms with Crippen LogP contribution in [-0.4, -0.2) is 16.5 Å². The summed E-state index contributed by atoms with van der Waals surface area (Å²) in [6, 6.07) is 0. The summed E-state index contributed by atoms with van der Waals surface area (Å²) < 4.78 is 6.38. The highest BCUT2D eigenvalue weighted by Crippen LogP contribution is 2.53. The Kier molecular flexibility index (Phi) is 3.51. The largest absolute Gasteiger partial charge is 0.367 e. The van der Waals surface area contributed by atoms with Crippen molar-refractivity contribution in [2.75, 3.05) is 0 Å². The molecule has 1 nitrogen and oxygen atoms in total. The molecule has 0 aromatic heterocycles. The van der Waals surface area contributed by atoms with Crippen molar-refractivity contribution in [3.8, 4) is 0 Å². The maximum Gasteiger partial charge on any atom is 0.0836 e. The van der Waals surface area contributed by atoms with E-state index in [4.69, 9.17) is 4.74 Å². The van der Waals surface area contributed by atoms with Gasteiger partial charge in [0.15, 0.2) is 0 Å². The smallest absolute Gasteiger partial charge is 0.0836 e. The van der Waals surface area contributed by atoms with E-state index in [1.807, 2.05) is 6.08 Å². The number of rotatable bonds is 1. The molecule has 4 unspecified atom stereocenters. The molecule has 2 rings (SSSR count). The molecule has 0 spiro atoms. The van der Waals surface area contributed by atoms with Gasteiger partial charge in [-0.1, -0.05) is 42.8 Å². The van der Waals surface area contributed by atoms with Crippen molar-refractivity contribution in [2.45, 2.75) is 63.5 Å². The molecular formula is C15H25BrO. The van der Waals surface area contributed by atoms with Crippen LogP contribution in [0.3, 0.4) is 0 Å². The highest BCUT2D eigenvalue weighted by molar-refractivity contribution is 9.09. The molecule has 0 amide bonds. The molecule has 0 radical (unpaired) electrons. The first-order valence-electron chi connectivity index (χ1n) is 6.75. The number of ether oxygens (including phenoxy) is 1. The lowest BCUT2D eigenvalue weighted by Crippen LogP contribution is -2.55. The van der Waals surface area contributed by atoms with E-state index in [-0.39, 0.29) is 5.60 Å². The molecule has 2 fully saturated rings. The Morgan fingerprint density at radius 3 is 2.59 bits per heavy atom. The summed E-state index contributed by atoms with van der Waals surface area (Å²) in [7, 11) is 0. The van der Waals surface area contributed by atoms with E-state index in [0.717, 1.165) is 6.42 Å². The van der Waals surface area contributed by atoms with Crippen LogP contribution in [0.1, 0.15) is 47.0 Å². The third-order valence-electron chi connectivity index (χ3n) is 5.09. The molecule has 1 aliphatic heterocycles. The standard InChI is InChI=1S/C15H25BrO/c1-6-15(5)8-7-11-13(17-15)10(2)9-12(16)14(11,3)4/h6,10-13H,1,7-9H2,2-5H3/t10-,11?,12?,13?,15?/m0/s1. The maximum absolute atomic E-state index is 6.38. The number of alkyl halides is 1. The van der Waals surface area contributed by atoms with E-state index in [2.05, 4.69) is 50.2 Å². The van der Waals surface area contributed by atoms with Gasteiger partial charge in [-0.3, -0.25) is 0 Å². The molecule has 98 valence electrons. The Morgan fingerprint density at radius 2 is 2.00 bits per heavy atom. The van der Waals surface area contributed by atoms with Crippen LogP contribution in [0.4, 0.5) is 0 Å². The summed E-state index contributed by atoms with van der Waals surface area (Å²) >= 11 is 3.88. The van der Waals surface area contributed by atoms with Gasteiger partial charge in [0.1, 0.15) is 0 Å². The molecule has 1 aliphatic carbocycles. The van der Waals surface area contributed by atoms with Gasteiger partial charge in [0, 0.05) is 4.83 Å². The van der Waals surface area contributed by atoms with Crippen molar-refractivity contribution in [3.05, 3.63) is 12.7 Å². The number of fused-ring (bicyclic) bond motifs is 1. The van der Waals surface area contributed by atoms with Gasteiger partial charge in [-0.25, -0.2) is 0 Å². The molecule has 0 aromatic rings. The van der Waals surface area contributed by atoms with Crippen molar-refractivity contribution < 1.29 is 4.74 Å². The van der Waals surface area contributed by atoms with Crippen LogP contribution < -0.4 is 0 Å². The SMILES string of the molecule is C=CC1(C)CCC2C(O1)[C@@H](C)CC(Br)C2(C)C. The second-order valence-electron chi connectivity index (χ2n) is 6.75. The third-order valence-corrected chi connectivity index (χ3v) is 6.64. The Labute approximate surface area is 114 Å². The van der Waals surface area contributed by atoms with E-state index in [1.54, 1.807) is 0 Å². The fourth-order valence-electron chi connectivity index (χ4n) is 3.51. The topological polar surface area (TPSA) is 9.23 Å². The van der Waals surface area contributed by atoms with Gasteiger partial charge in [-0.15, -0.1) is 6.58 Å². The van der Waals surface area contributed by atoms with Crippen LogP contribution in [0.25, 0.3) is 0 Å². The van der Waals surface area contributed by atoms with E-state index in [0.29, 0.717) is 28.2 Å². The lowest BCUT2D eigenvalue weighted by molar-refractivity contribution is -0.178.